The summed E-state index contributed by atoms with van der Waals surface area (Å²) in [5.74, 6) is -1.38. The predicted octanol–water partition coefficient (Wildman–Crippen LogP) is 3.68. The number of benzene rings is 1. The monoisotopic (exact) mass is 383 g/mol. The van der Waals surface area contributed by atoms with Crippen LogP contribution < -0.4 is 16.4 Å². The van der Waals surface area contributed by atoms with Crippen molar-refractivity contribution in [3.8, 4) is 0 Å². The number of nitrogen functional groups attached to an aromatic ring is 1. The van der Waals surface area contributed by atoms with Gasteiger partial charge in [-0.15, -0.1) is 0 Å². The summed E-state index contributed by atoms with van der Waals surface area (Å²) in [4.78, 5) is 19.2. The van der Waals surface area contributed by atoms with Gasteiger partial charge in [-0.05, 0) is 19.1 Å². The third-order valence-electron chi connectivity index (χ3n) is 3.73. The van der Waals surface area contributed by atoms with Gasteiger partial charge in [0.15, 0.2) is 6.04 Å². The molecule has 4 N–H and O–H groups in total. The van der Waals surface area contributed by atoms with Crippen LogP contribution in [0.1, 0.15) is 17.4 Å². The number of alkyl halides is 3. The number of amides is 2. The van der Waals surface area contributed by atoms with Gasteiger partial charge in [0.1, 0.15) is 17.2 Å². The maximum atomic E-state index is 13.9. The summed E-state index contributed by atoms with van der Waals surface area (Å²) in [7, 11) is 0. The van der Waals surface area contributed by atoms with Crippen molar-refractivity contribution in [3.63, 3.8) is 0 Å². The molecular formula is C16H13F4N5O2. The van der Waals surface area contributed by atoms with Crippen LogP contribution in [0.4, 0.5) is 34.0 Å². The molecule has 0 fully saturated rings. The Kier molecular flexibility index (Phi) is 4.60. The number of nitrogens with two attached hydrogens (primary N) is 1. The minimum atomic E-state index is -4.88. The van der Waals surface area contributed by atoms with E-state index in [0.29, 0.717) is 0 Å². The van der Waals surface area contributed by atoms with Crippen molar-refractivity contribution in [2.24, 2.45) is 0 Å². The molecule has 0 unspecified atom stereocenters. The van der Waals surface area contributed by atoms with Crippen molar-refractivity contribution in [1.82, 2.24) is 15.3 Å². The van der Waals surface area contributed by atoms with Crippen molar-refractivity contribution in [3.05, 3.63) is 47.7 Å². The maximum Gasteiger partial charge on any atom is 0.416 e. The number of carbonyl (C=O) groups excluding carboxylic acids is 1. The summed E-state index contributed by atoms with van der Waals surface area (Å²) in [5, 5.41) is 3.87. The van der Waals surface area contributed by atoms with Crippen molar-refractivity contribution < 1.29 is 26.8 Å². The molecule has 0 aliphatic heterocycles. The number of nitrogens with one attached hydrogen (secondary N) is 2. The molecule has 11 heteroatoms. The molecule has 1 atom stereocenters. The number of aryl methyl sites for hydroxylation is 1. The average molecular weight is 383 g/mol. The second kappa shape index (κ2) is 6.74. The van der Waals surface area contributed by atoms with Gasteiger partial charge in [-0.2, -0.15) is 13.2 Å². The van der Waals surface area contributed by atoms with Crippen molar-refractivity contribution in [2.45, 2.75) is 19.1 Å². The van der Waals surface area contributed by atoms with Gasteiger partial charge in [-0.3, -0.25) is 0 Å². The fourth-order valence-electron chi connectivity index (χ4n) is 2.54. The van der Waals surface area contributed by atoms with Crippen LogP contribution in [0.2, 0.25) is 0 Å². The molecular weight excluding hydrogens is 370 g/mol. The van der Waals surface area contributed by atoms with E-state index in [0.717, 1.165) is 18.5 Å². The standard InChI is InChI=1S/C16H13F4N5O2/c1-7-11-9(17)3-2-4-10(11)27-12(7)13(16(18,19)20)25-15(26)24-8-5-22-14(21)23-6-8/h2-6,13H,1H3,(H2,21,22,23)(H2,24,25,26)/t13-/m0/s1. The molecule has 0 bridgehead atoms. The first-order valence-electron chi connectivity index (χ1n) is 7.56. The number of anilines is 2. The summed E-state index contributed by atoms with van der Waals surface area (Å²) in [5.41, 5.74) is 5.23. The number of nitrogens with zero attached hydrogens (tertiary/aromatic N) is 2. The van der Waals surface area contributed by atoms with E-state index in [9.17, 15) is 22.4 Å². The van der Waals surface area contributed by atoms with Crippen molar-refractivity contribution >= 4 is 28.6 Å². The number of rotatable bonds is 3. The number of furan rings is 1. The van der Waals surface area contributed by atoms with Gasteiger partial charge in [0, 0.05) is 5.56 Å². The number of hydrogen-bond donors (Lipinski definition) is 3. The van der Waals surface area contributed by atoms with Gasteiger partial charge in [-0.25, -0.2) is 19.2 Å². The molecule has 0 aliphatic carbocycles. The van der Waals surface area contributed by atoms with Crippen LogP contribution in [-0.2, 0) is 0 Å². The zero-order valence-electron chi connectivity index (χ0n) is 13.8. The predicted molar refractivity (Wildman–Crippen MR) is 88.3 cm³/mol. The normalized spacial score (nSPS) is 12.8. The molecule has 2 amide bonds. The molecule has 0 saturated heterocycles. The molecule has 2 aromatic heterocycles. The highest BCUT2D eigenvalue weighted by molar-refractivity contribution is 5.89. The lowest BCUT2D eigenvalue weighted by Gasteiger charge is -2.20. The highest BCUT2D eigenvalue weighted by Crippen LogP contribution is 2.39. The van der Waals surface area contributed by atoms with Gasteiger partial charge in [-0.1, -0.05) is 6.07 Å². The Morgan fingerprint density at radius 3 is 2.52 bits per heavy atom. The average Bonchev–Trinajstić information content (AvgIpc) is 2.91. The Morgan fingerprint density at radius 2 is 1.93 bits per heavy atom. The Labute approximate surface area is 149 Å². The first-order chi connectivity index (χ1) is 12.7. The summed E-state index contributed by atoms with van der Waals surface area (Å²) < 4.78 is 59.7. The smallest absolute Gasteiger partial charge is 0.416 e. The Bertz CT molecular complexity index is 985. The molecule has 3 aromatic rings. The van der Waals surface area contributed by atoms with E-state index in [1.807, 2.05) is 0 Å². The van der Waals surface area contributed by atoms with Gasteiger partial charge < -0.3 is 20.8 Å². The minimum absolute atomic E-state index is 0.0370. The van der Waals surface area contributed by atoms with E-state index in [-0.39, 0.29) is 28.2 Å². The molecule has 2 heterocycles. The van der Waals surface area contributed by atoms with E-state index < -0.39 is 29.8 Å². The van der Waals surface area contributed by atoms with Crippen LogP contribution in [0.3, 0.4) is 0 Å². The lowest BCUT2D eigenvalue weighted by molar-refractivity contribution is -0.158. The summed E-state index contributed by atoms with van der Waals surface area (Å²) >= 11 is 0. The van der Waals surface area contributed by atoms with Gasteiger partial charge in [0.05, 0.1) is 23.5 Å². The van der Waals surface area contributed by atoms with Gasteiger partial charge in [0.25, 0.3) is 0 Å². The third kappa shape index (κ3) is 3.76. The second-order valence-electron chi connectivity index (χ2n) is 5.61. The Balaban J connectivity index is 1.91. The minimum Gasteiger partial charge on any atom is -0.458 e. The Hall–Kier alpha value is -3.37. The quantitative estimate of drug-likeness (QED) is 0.599. The fraction of sp³-hybridized carbons (Fsp3) is 0.188. The second-order valence-corrected chi connectivity index (χ2v) is 5.61. The maximum absolute atomic E-state index is 13.9. The molecule has 1 aromatic carbocycles. The van der Waals surface area contributed by atoms with E-state index in [1.165, 1.54) is 19.1 Å². The van der Waals surface area contributed by atoms with Crippen LogP contribution in [0.5, 0.6) is 0 Å². The number of fused-ring (bicyclic) bond motifs is 1. The Morgan fingerprint density at radius 1 is 1.26 bits per heavy atom. The van der Waals surface area contributed by atoms with E-state index in [4.69, 9.17) is 10.2 Å². The first-order valence-corrected chi connectivity index (χ1v) is 7.56. The van der Waals surface area contributed by atoms with Crippen LogP contribution in [0.25, 0.3) is 11.0 Å². The first kappa shape index (κ1) is 18.4. The highest BCUT2D eigenvalue weighted by atomic mass is 19.4. The lowest BCUT2D eigenvalue weighted by Crippen LogP contribution is -2.40. The van der Waals surface area contributed by atoms with Crippen molar-refractivity contribution in [1.29, 1.82) is 0 Å². The van der Waals surface area contributed by atoms with Crippen LogP contribution in [-0.4, -0.2) is 22.2 Å². The number of aromatic nitrogens is 2. The molecule has 0 spiro atoms. The van der Waals surface area contributed by atoms with Gasteiger partial charge in [0.2, 0.25) is 5.95 Å². The number of halogens is 4. The molecule has 0 radical (unpaired) electrons. The largest absolute Gasteiger partial charge is 0.458 e. The summed E-state index contributed by atoms with van der Waals surface area (Å²) in [6.45, 7) is 1.29. The van der Waals surface area contributed by atoms with Crippen LogP contribution in [0, 0.1) is 12.7 Å². The molecule has 0 saturated carbocycles. The van der Waals surface area contributed by atoms with E-state index in [2.05, 4.69) is 15.3 Å². The lowest BCUT2D eigenvalue weighted by atomic mass is 10.1. The van der Waals surface area contributed by atoms with Crippen LogP contribution >= 0.6 is 0 Å². The summed E-state index contributed by atoms with van der Waals surface area (Å²) in [6.07, 6.45) is -2.62. The number of urea groups is 1. The number of hydrogen-bond acceptors (Lipinski definition) is 5. The molecule has 3 rings (SSSR count). The zero-order valence-corrected chi connectivity index (χ0v) is 13.8. The number of carbonyl (C=O) groups is 1. The topological polar surface area (TPSA) is 106 Å². The third-order valence-corrected chi connectivity index (χ3v) is 3.73. The van der Waals surface area contributed by atoms with E-state index >= 15 is 0 Å². The van der Waals surface area contributed by atoms with Crippen molar-refractivity contribution in [2.75, 3.05) is 11.1 Å². The zero-order chi connectivity index (χ0) is 19.8. The molecule has 142 valence electrons. The van der Waals surface area contributed by atoms with Gasteiger partial charge >= 0.3 is 12.2 Å². The molecule has 7 nitrogen and oxygen atoms in total. The molecule has 0 aliphatic rings. The molecule has 27 heavy (non-hydrogen) atoms. The highest BCUT2D eigenvalue weighted by Gasteiger charge is 2.45. The van der Waals surface area contributed by atoms with E-state index in [1.54, 1.807) is 5.32 Å². The summed E-state index contributed by atoms with van der Waals surface area (Å²) in [6, 6.07) is 0.103. The SMILES string of the molecule is Cc1c([C@H](NC(=O)Nc2cnc(N)nc2)C(F)(F)F)oc2cccc(F)c12. The van der Waals surface area contributed by atoms with Crippen LogP contribution in [0.15, 0.2) is 35.0 Å². The fourth-order valence-corrected chi connectivity index (χ4v) is 2.54.